The molecule has 0 fully saturated rings. The minimum absolute atomic E-state index is 0.172. The molecule has 4 nitrogen and oxygen atoms in total. The number of nitrogen functional groups attached to an aromatic ring is 1. The van der Waals surface area contributed by atoms with Crippen molar-refractivity contribution in [2.24, 2.45) is 0 Å². The highest BCUT2D eigenvalue weighted by atomic mass is 35.5. The van der Waals surface area contributed by atoms with E-state index >= 15 is 0 Å². The molecule has 2 aromatic rings. The molecule has 3 N–H and O–H groups in total. The number of nitrogens with two attached hydrogens (primary N) is 1. The zero-order valence-corrected chi connectivity index (χ0v) is 11.8. The first-order valence-electron chi connectivity index (χ1n) is 5.53. The Morgan fingerprint density at radius 3 is 2.42 bits per heavy atom. The van der Waals surface area contributed by atoms with Crippen LogP contribution >= 0.6 is 11.6 Å². The second kappa shape index (κ2) is 5.11. The summed E-state index contributed by atoms with van der Waals surface area (Å²) in [6.07, 6.45) is 0. The minimum atomic E-state index is -3.65. The number of aryl methyl sites for hydroxylation is 1. The number of rotatable bonds is 3. The standard InChI is InChI=1S/C13H13ClN2O2S/c1-9-7-12(15)13(8-11(9)14)16-19(17,18)10-5-3-2-4-6-10/h2-8,16H,15H2,1H3. The Morgan fingerprint density at radius 1 is 1.16 bits per heavy atom. The maximum Gasteiger partial charge on any atom is 0.261 e. The molecule has 0 spiro atoms. The monoisotopic (exact) mass is 296 g/mol. The Labute approximate surface area is 117 Å². The van der Waals surface area contributed by atoms with Crippen molar-refractivity contribution in [2.45, 2.75) is 11.8 Å². The average molecular weight is 297 g/mol. The number of sulfonamides is 1. The fourth-order valence-corrected chi connectivity index (χ4v) is 2.86. The predicted molar refractivity (Wildman–Crippen MR) is 77.9 cm³/mol. The van der Waals surface area contributed by atoms with Gasteiger partial charge < -0.3 is 5.73 Å². The lowest BCUT2D eigenvalue weighted by atomic mass is 10.2. The largest absolute Gasteiger partial charge is 0.397 e. The van der Waals surface area contributed by atoms with Gasteiger partial charge in [0, 0.05) is 5.02 Å². The molecule has 0 saturated heterocycles. The van der Waals surface area contributed by atoms with Crippen molar-refractivity contribution >= 4 is 33.0 Å². The second-order valence-electron chi connectivity index (χ2n) is 4.11. The van der Waals surface area contributed by atoms with Gasteiger partial charge in [0.15, 0.2) is 0 Å². The number of hydrogen-bond donors (Lipinski definition) is 2. The Bertz CT molecular complexity index is 700. The van der Waals surface area contributed by atoms with Crippen LogP contribution in [-0.4, -0.2) is 8.42 Å². The summed E-state index contributed by atoms with van der Waals surface area (Å²) >= 11 is 5.97. The molecule has 0 atom stereocenters. The fourth-order valence-electron chi connectivity index (χ4n) is 1.60. The van der Waals surface area contributed by atoms with Gasteiger partial charge in [-0.15, -0.1) is 0 Å². The molecular formula is C13H13ClN2O2S. The topological polar surface area (TPSA) is 72.2 Å². The molecule has 19 heavy (non-hydrogen) atoms. The smallest absolute Gasteiger partial charge is 0.261 e. The molecule has 0 unspecified atom stereocenters. The Morgan fingerprint density at radius 2 is 1.79 bits per heavy atom. The van der Waals surface area contributed by atoms with E-state index < -0.39 is 10.0 Å². The van der Waals surface area contributed by atoms with Gasteiger partial charge in [-0.25, -0.2) is 8.42 Å². The summed E-state index contributed by atoms with van der Waals surface area (Å²) in [5.74, 6) is 0. The maximum atomic E-state index is 12.1. The molecule has 0 amide bonds. The molecule has 0 radical (unpaired) electrons. The number of halogens is 1. The predicted octanol–water partition coefficient (Wildman–Crippen LogP) is 3.03. The summed E-state index contributed by atoms with van der Waals surface area (Å²) in [6, 6.07) is 11.2. The normalized spacial score (nSPS) is 11.3. The lowest BCUT2D eigenvalue weighted by Gasteiger charge is -2.12. The zero-order valence-electron chi connectivity index (χ0n) is 10.2. The van der Waals surface area contributed by atoms with Gasteiger partial charge in [0.2, 0.25) is 0 Å². The highest BCUT2D eigenvalue weighted by Gasteiger charge is 2.15. The molecule has 0 saturated carbocycles. The van der Waals surface area contributed by atoms with Crippen LogP contribution in [0, 0.1) is 6.92 Å². The van der Waals surface area contributed by atoms with Crippen LogP contribution in [0.5, 0.6) is 0 Å². The van der Waals surface area contributed by atoms with E-state index in [1.807, 2.05) is 0 Å². The third-order valence-corrected chi connectivity index (χ3v) is 4.42. The van der Waals surface area contributed by atoms with Crippen LogP contribution in [0.15, 0.2) is 47.4 Å². The third kappa shape index (κ3) is 3.00. The molecule has 6 heteroatoms. The van der Waals surface area contributed by atoms with Gasteiger partial charge in [0.25, 0.3) is 10.0 Å². The lowest BCUT2D eigenvalue weighted by Crippen LogP contribution is -2.14. The first-order valence-corrected chi connectivity index (χ1v) is 7.40. The quantitative estimate of drug-likeness (QED) is 0.855. The molecule has 2 aromatic carbocycles. The van der Waals surface area contributed by atoms with Gasteiger partial charge in [-0.1, -0.05) is 29.8 Å². The van der Waals surface area contributed by atoms with E-state index in [4.69, 9.17) is 17.3 Å². The van der Waals surface area contributed by atoms with E-state index in [2.05, 4.69) is 4.72 Å². The number of anilines is 2. The van der Waals surface area contributed by atoms with Gasteiger partial charge in [0.05, 0.1) is 16.3 Å². The van der Waals surface area contributed by atoms with E-state index in [1.54, 1.807) is 31.2 Å². The molecule has 0 bridgehead atoms. The molecule has 0 aromatic heterocycles. The van der Waals surface area contributed by atoms with Crippen molar-refractivity contribution in [1.29, 1.82) is 0 Å². The highest BCUT2D eigenvalue weighted by Crippen LogP contribution is 2.28. The van der Waals surface area contributed by atoms with Crippen LogP contribution < -0.4 is 10.5 Å². The molecule has 0 aliphatic heterocycles. The Kier molecular flexibility index (Phi) is 3.68. The summed E-state index contributed by atoms with van der Waals surface area (Å²) in [4.78, 5) is 0.172. The summed E-state index contributed by atoms with van der Waals surface area (Å²) < 4.78 is 26.7. The summed E-state index contributed by atoms with van der Waals surface area (Å²) in [6.45, 7) is 1.80. The highest BCUT2D eigenvalue weighted by molar-refractivity contribution is 7.92. The summed E-state index contributed by atoms with van der Waals surface area (Å²) in [7, 11) is -3.65. The molecule has 0 heterocycles. The van der Waals surface area contributed by atoms with Crippen LogP contribution in [0.2, 0.25) is 5.02 Å². The Balaban J connectivity index is 2.39. The van der Waals surface area contributed by atoms with Crippen molar-refractivity contribution in [1.82, 2.24) is 0 Å². The van der Waals surface area contributed by atoms with Gasteiger partial charge in [0.1, 0.15) is 0 Å². The van der Waals surface area contributed by atoms with Crippen LogP contribution in [0.1, 0.15) is 5.56 Å². The summed E-state index contributed by atoms with van der Waals surface area (Å²) in [5, 5.41) is 0.458. The van der Waals surface area contributed by atoms with Crippen LogP contribution in [-0.2, 0) is 10.0 Å². The minimum Gasteiger partial charge on any atom is -0.397 e. The average Bonchev–Trinajstić information content (AvgIpc) is 2.37. The van der Waals surface area contributed by atoms with E-state index in [0.29, 0.717) is 10.7 Å². The van der Waals surface area contributed by atoms with Crippen molar-refractivity contribution in [3.63, 3.8) is 0 Å². The van der Waals surface area contributed by atoms with Crippen LogP contribution in [0.25, 0.3) is 0 Å². The molecular weight excluding hydrogens is 284 g/mol. The van der Waals surface area contributed by atoms with Crippen molar-refractivity contribution in [3.05, 3.63) is 53.1 Å². The number of hydrogen-bond acceptors (Lipinski definition) is 3. The van der Waals surface area contributed by atoms with Crippen molar-refractivity contribution < 1.29 is 8.42 Å². The lowest BCUT2D eigenvalue weighted by molar-refractivity contribution is 0.601. The second-order valence-corrected chi connectivity index (χ2v) is 6.20. The molecule has 100 valence electrons. The van der Waals surface area contributed by atoms with E-state index in [1.165, 1.54) is 18.2 Å². The van der Waals surface area contributed by atoms with E-state index in [-0.39, 0.29) is 10.6 Å². The van der Waals surface area contributed by atoms with Gasteiger partial charge in [-0.05, 0) is 36.8 Å². The molecule has 0 aliphatic carbocycles. The summed E-state index contributed by atoms with van der Waals surface area (Å²) in [5.41, 5.74) is 7.20. The fraction of sp³-hybridized carbons (Fsp3) is 0.0769. The van der Waals surface area contributed by atoms with Crippen molar-refractivity contribution in [3.8, 4) is 0 Å². The van der Waals surface area contributed by atoms with E-state index in [0.717, 1.165) is 5.56 Å². The van der Waals surface area contributed by atoms with Crippen molar-refractivity contribution in [2.75, 3.05) is 10.5 Å². The molecule has 2 rings (SSSR count). The molecule has 0 aliphatic rings. The van der Waals surface area contributed by atoms with Gasteiger partial charge >= 0.3 is 0 Å². The first-order chi connectivity index (χ1) is 8.90. The van der Waals surface area contributed by atoms with Gasteiger partial charge in [-0.3, -0.25) is 4.72 Å². The van der Waals surface area contributed by atoms with Gasteiger partial charge in [-0.2, -0.15) is 0 Å². The van der Waals surface area contributed by atoms with E-state index in [9.17, 15) is 8.42 Å². The van der Waals surface area contributed by atoms with Crippen LogP contribution in [0.3, 0.4) is 0 Å². The Hall–Kier alpha value is -1.72. The SMILES string of the molecule is Cc1cc(N)c(NS(=O)(=O)c2ccccc2)cc1Cl. The first kappa shape index (κ1) is 13.7. The third-order valence-electron chi connectivity index (χ3n) is 2.63. The maximum absolute atomic E-state index is 12.1. The number of nitrogens with one attached hydrogen (secondary N) is 1. The zero-order chi connectivity index (χ0) is 14.0. The van der Waals surface area contributed by atoms with Crippen LogP contribution in [0.4, 0.5) is 11.4 Å². The number of benzene rings is 2.